The molecule has 1 aromatic carbocycles. The van der Waals surface area contributed by atoms with Crippen LogP contribution in [0.15, 0.2) is 24.3 Å². The first kappa shape index (κ1) is 19.6. The molecular formula is C17H24ClN5OS. The van der Waals surface area contributed by atoms with Gasteiger partial charge in [-0.2, -0.15) is 5.10 Å². The van der Waals surface area contributed by atoms with E-state index >= 15 is 0 Å². The quantitative estimate of drug-likeness (QED) is 0.808. The fraction of sp³-hybridized carbons (Fsp3) is 0.471. The van der Waals surface area contributed by atoms with Crippen molar-refractivity contribution in [3.63, 3.8) is 0 Å². The van der Waals surface area contributed by atoms with Crippen LogP contribution in [0.4, 0.5) is 0 Å². The summed E-state index contributed by atoms with van der Waals surface area (Å²) in [7, 11) is 3.74. The van der Waals surface area contributed by atoms with Crippen molar-refractivity contribution in [2.24, 2.45) is 7.05 Å². The topological polar surface area (TPSA) is 55.1 Å². The minimum Gasteiger partial charge on any atom is -0.350 e. The van der Waals surface area contributed by atoms with Crippen LogP contribution in [0.2, 0.25) is 5.02 Å². The number of carbonyl (C=O) groups excluding carboxylic acids is 1. The van der Waals surface area contributed by atoms with Crippen molar-refractivity contribution in [1.29, 1.82) is 0 Å². The van der Waals surface area contributed by atoms with Gasteiger partial charge < -0.3 is 9.88 Å². The molecular weight excluding hydrogens is 358 g/mol. The normalized spacial score (nSPS) is 11.8. The number of amides is 1. The summed E-state index contributed by atoms with van der Waals surface area (Å²) < 4.78 is 4.15. The van der Waals surface area contributed by atoms with Crippen molar-refractivity contribution in [3.05, 3.63) is 34.1 Å². The number of rotatable bonds is 5. The molecule has 0 fully saturated rings. The molecule has 0 aliphatic rings. The van der Waals surface area contributed by atoms with Gasteiger partial charge in [0.2, 0.25) is 5.91 Å². The number of carbonyl (C=O) groups is 1. The molecule has 1 N–H and O–H groups in total. The summed E-state index contributed by atoms with van der Waals surface area (Å²) in [6.45, 7) is 6.57. The Kier molecular flexibility index (Phi) is 6.03. The monoisotopic (exact) mass is 381 g/mol. The molecule has 136 valence electrons. The molecule has 2 aromatic rings. The predicted molar refractivity (Wildman–Crippen MR) is 103 cm³/mol. The molecule has 8 heteroatoms. The van der Waals surface area contributed by atoms with Gasteiger partial charge in [0.25, 0.3) is 0 Å². The van der Waals surface area contributed by atoms with Gasteiger partial charge in [0.05, 0.1) is 13.2 Å². The first-order valence-electron chi connectivity index (χ1n) is 7.96. The average molecular weight is 382 g/mol. The maximum Gasteiger partial charge on any atom is 0.234 e. The van der Waals surface area contributed by atoms with Crippen LogP contribution in [0.3, 0.4) is 0 Å². The van der Waals surface area contributed by atoms with Crippen molar-refractivity contribution in [1.82, 2.24) is 24.6 Å². The molecule has 1 amide bonds. The predicted octanol–water partition coefficient (Wildman–Crippen LogP) is 3.08. The Bertz CT molecular complexity index is 804. The van der Waals surface area contributed by atoms with E-state index < -0.39 is 0 Å². The van der Waals surface area contributed by atoms with Crippen LogP contribution in [0.5, 0.6) is 0 Å². The number of benzene rings is 1. The second-order valence-corrected chi connectivity index (χ2v) is 7.93. The van der Waals surface area contributed by atoms with E-state index in [1.807, 2.05) is 68.6 Å². The van der Waals surface area contributed by atoms with Crippen molar-refractivity contribution in [2.45, 2.75) is 33.0 Å². The van der Waals surface area contributed by atoms with Gasteiger partial charge in [0.1, 0.15) is 0 Å². The highest BCUT2D eigenvalue weighted by molar-refractivity contribution is 7.71. The molecule has 0 unspecified atom stereocenters. The van der Waals surface area contributed by atoms with E-state index in [0.717, 1.165) is 11.4 Å². The summed E-state index contributed by atoms with van der Waals surface area (Å²) in [6.07, 6.45) is 0. The van der Waals surface area contributed by atoms with E-state index in [1.165, 1.54) is 0 Å². The maximum absolute atomic E-state index is 12.0. The molecule has 6 nitrogen and oxygen atoms in total. The van der Waals surface area contributed by atoms with E-state index in [2.05, 4.69) is 10.4 Å². The molecule has 0 atom stereocenters. The Morgan fingerprint density at radius 1 is 1.32 bits per heavy atom. The Hall–Kier alpha value is -1.70. The minimum absolute atomic E-state index is 0.0321. The van der Waals surface area contributed by atoms with Crippen LogP contribution in [-0.4, -0.2) is 44.3 Å². The second-order valence-electron chi connectivity index (χ2n) is 7.13. The lowest BCUT2D eigenvalue weighted by atomic mass is 10.1. The Morgan fingerprint density at radius 2 is 1.92 bits per heavy atom. The molecule has 1 aromatic heterocycles. The van der Waals surface area contributed by atoms with Gasteiger partial charge >= 0.3 is 0 Å². The molecule has 0 aliphatic carbocycles. The van der Waals surface area contributed by atoms with Gasteiger partial charge in [-0.05, 0) is 64.3 Å². The highest BCUT2D eigenvalue weighted by Gasteiger charge is 2.16. The van der Waals surface area contributed by atoms with Crippen molar-refractivity contribution < 1.29 is 4.79 Å². The summed E-state index contributed by atoms with van der Waals surface area (Å²) in [4.78, 5) is 13.9. The first-order chi connectivity index (χ1) is 11.6. The molecule has 0 aliphatic heterocycles. The maximum atomic E-state index is 12.0. The smallest absolute Gasteiger partial charge is 0.234 e. The van der Waals surface area contributed by atoms with Crippen LogP contribution in [-0.2, 0) is 18.5 Å². The summed E-state index contributed by atoms with van der Waals surface area (Å²) in [5.74, 6) is 0.726. The fourth-order valence-corrected chi connectivity index (χ4v) is 2.72. The third-order valence-electron chi connectivity index (χ3n) is 3.45. The molecule has 2 rings (SSSR count). The van der Waals surface area contributed by atoms with Crippen LogP contribution in [0.25, 0.3) is 11.4 Å². The Balaban J connectivity index is 2.13. The third-order valence-corrected chi connectivity index (χ3v) is 4.18. The molecule has 25 heavy (non-hydrogen) atoms. The number of nitrogens with one attached hydrogen (secondary N) is 1. The van der Waals surface area contributed by atoms with Crippen molar-refractivity contribution in [3.8, 4) is 11.4 Å². The number of hydrogen-bond acceptors (Lipinski definition) is 4. The first-order valence-corrected chi connectivity index (χ1v) is 8.75. The number of likely N-dealkylation sites (N-methyl/N-ethyl adjacent to an activating group) is 1. The zero-order chi connectivity index (χ0) is 18.8. The van der Waals surface area contributed by atoms with Crippen LogP contribution in [0.1, 0.15) is 20.8 Å². The summed E-state index contributed by atoms with van der Waals surface area (Å²) >= 11 is 11.4. The van der Waals surface area contributed by atoms with Gasteiger partial charge in [0.15, 0.2) is 10.6 Å². The standard InChI is InChI=1S/C17H24ClN5OS/c1-17(2,3)19-14(24)10-21(4)11-23-16(25)22(5)15(20-23)12-6-8-13(18)9-7-12/h6-9H,10-11H2,1-5H3,(H,19,24). The number of aromatic nitrogens is 3. The minimum atomic E-state index is -0.249. The zero-order valence-corrected chi connectivity index (χ0v) is 16.8. The summed E-state index contributed by atoms with van der Waals surface area (Å²) in [5.41, 5.74) is 0.686. The third kappa shape index (κ3) is 5.39. The van der Waals surface area contributed by atoms with E-state index in [-0.39, 0.29) is 18.0 Å². The fourth-order valence-electron chi connectivity index (χ4n) is 2.41. The van der Waals surface area contributed by atoms with Crippen molar-refractivity contribution in [2.75, 3.05) is 13.6 Å². The molecule has 0 radical (unpaired) electrons. The van der Waals surface area contributed by atoms with Gasteiger partial charge in [-0.3, -0.25) is 9.69 Å². The highest BCUT2D eigenvalue weighted by Crippen LogP contribution is 2.20. The largest absolute Gasteiger partial charge is 0.350 e. The van der Waals surface area contributed by atoms with E-state index in [0.29, 0.717) is 16.5 Å². The van der Waals surface area contributed by atoms with Gasteiger partial charge in [-0.15, -0.1) is 0 Å². The zero-order valence-electron chi connectivity index (χ0n) is 15.2. The summed E-state index contributed by atoms with van der Waals surface area (Å²) in [5, 5.41) is 8.21. The van der Waals surface area contributed by atoms with Gasteiger partial charge in [-0.1, -0.05) is 11.6 Å². The molecule has 0 bridgehead atoms. The molecule has 1 heterocycles. The second kappa shape index (κ2) is 7.68. The molecule has 0 spiro atoms. The van der Waals surface area contributed by atoms with Crippen LogP contribution in [0, 0.1) is 4.77 Å². The van der Waals surface area contributed by atoms with Gasteiger partial charge in [-0.25, -0.2) is 4.68 Å². The number of nitrogens with zero attached hydrogens (tertiary/aromatic N) is 4. The van der Waals surface area contributed by atoms with Gasteiger partial charge in [0, 0.05) is 23.2 Å². The lowest BCUT2D eigenvalue weighted by Crippen LogP contribution is -2.45. The van der Waals surface area contributed by atoms with E-state index in [9.17, 15) is 4.79 Å². The van der Waals surface area contributed by atoms with E-state index in [1.54, 1.807) is 4.68 Å². The summed E-state index contributed by atoms with van der Waals surface area (Å²) in [6, 6.07) is 7.46. The van der Waals surface area contributed by atoms with Crippen LogP contribution < -0.4 is 5.32 Å². The average Bonchev–Trinajstić information content (AvgIpc) is 2.74. The SMILES string of the molecule is CN(CC(=O)NC(C)(C)C)Cn1nc(-c2ccc(Cl)cc2)n(C)c1=S. The highest BCUT2D eigenvalue weighted by atomic mass is 35.5. The molecule has 0 saturated heterocycles. The van der Waals surface area contributed by atoms with Crippen LogP contribution >= 0.6 is 23.8 Å². The van der Waals surface area contributed by atoms with Crippen molar-refractivity contribution >= 4 is 29.7 Å². The number of halogens is 1. The lowest BCUT2D eigenvalue weighted by molar-refractivity contribution is -0.123. The lowest BCUT2D eigenvalue weighted by Gasteiger charge is -2.23. The molecule has 0 saturated carbocycles. The number of hydrogen-bond donors (Lipinski definition) is 1. The van der Waals surface area contributed by atoms with E-state index in [4.69, 9.17) is 23.8 Å². The Morgan fingerprint density at radius 3 is 2.48 bits per heavy atom. The Labute approximate surface area is 158 Å².